The highest BCUT2D eigenvalue weighted by atomic mass is 16.5. The lowest BCUT2D eigenvalue weighted by atomic mass is 9.90. The van der Waals surface area contributed by atoms with Crippen LogP contribution in [0.15, 0.2) is 34.7 Å². The van der Waals surface area contributed by atoms with E-state index in [0.717, 1.165) is 17.7 Å². The van der Waals surface area contributed by atoms with Crippen LogP contribution >= 0.6 is 0 Å². The summed E-state index contributed by atoms with van der Waals surface area (Å²) < 4.78 is 15.8. The number of methoxy groups -OCH3 is 1. The number of fused-ring (bicyclic) bond motifs is 1. The van der Waals surface area contributed by atoms with Crippen molar-refractivity contribution in [3.05, 3.63) is 53.0 Å². The molecule has 0 radical (unpaired) electrons. The van der Waals surface area contributed by atoms with E-state index in [1.54, 1.807) is 13.0 Å². The minimum atomic E-state index is -0.447. The molecule has 6 heteroatoms. The molecule has 6 nitrogen and oxygen atoms in total. The summed E-state index contributed by atoms with van der Waals surface area (Å²) in [5, 5.41) is 2.85. The second kappa shape index (κ2) is 7.42. The van der Waals surface area contributed by atoms with Crippen LogP contribution in [-0.4, -0.2) is 25.6 Å². The summed E-state index contributed by atoms with van der Waals surface area (Å²) >= 11 is 0. The molecule has 0 saturated heterocycles. The zero-order chi connectivity index (χ0) is 17.8. The van der Waals surface area contributed by atoms with Crippen molar-refractivity contribution in [1.29, 1.82) is 0 Å². The van der Waals surface area contributed by atoms with E-state index in [1.165, 1.54) is 7.11 Å². The molecule has 0 spiro atoms. The van der Waals surface area contributed by atoms with Gasteiger partial charge in [0.05, 0.1) is 20.3 Å². The summed E-state index contributed by atoms with van der Waals surface area (Å²) in [4.78, 5) is 23.9. The van der Waals surface area contributed by atoms with Crippen LogP contribution in [0, 0.1) is 6.92 Å². The fourth-order valence-corrected chi connectivity index (χ4v) is 3.05. The molecule has 0 aliphatic carbocycles. The predicted octanol–water partition coefficient (Wildman–Crippen LogP) is 2.95. The molecular formula is C19H21NO5. The smallest absolute Gasteiger partial charge is 0.341 e. The molecule has 1 unspecified atom stereocenters. The Balaban J connectivity index is 1.58. The van der Waals surface area contributed by atoms with Crippen LogP contribution in [0.2, 0.25) is 0 Å². The van der Waals surface area contributed by atoms with Crippen LogP contribution in [0.4, 0.5) is 0 Å². The number of benzene rings is 1. The van der Waals surface area contributed by atoms with Crippen molar-refractivity contribution in [2.24, 2.45) is 0 Å². The number of para-hydroxylation sites is 1. The van der Waals surface area contributed by atoms with E-state index >= 15 is 0 Å². The SMILES string of the molecule is COC(=O)c1cc(CNC(=O)CC2CCOc3ccccc32)oc1C. The number of esters is 1. The standard InChI is InChI=1S/C19H21NO5/c1-12-16(19(22)23-2)10-14(25-12)11-20-18(21)9-13-7-8-24-17-6-4-3-5-15(13)17/h3-6,10,13H,7-9,11H2,1-2H3,(H,20,21). The highest BCUT2D eigenvalue weighted by Crippen LogP contribution is 2.35. The number of amides is 1. The summed E-state index contributed by atoms with van der Waals surface area (Å²) in [7, 11) is 1.32. The molecule has 0 bridgehead atoms. The van der Waals surface area contributed by atoms with Gasteiger partial charge in [-0.1, -0.05) is 18.2 Å². The minimum Gasteiger partial charge on any atom is -0.493 e. The lowest BCUT2D eigenvalue weighted by Gasteiger charge is -2.25. The number of nitrogens with one attached hydrogen (secondary N) is 1. The molecular weight excluding hydrogens is 322 g/mol. The van der Waals surface area contributed by atoms with Crippen LogP contribution in [0.25, 0.3) is 0 Å². The van der Waals surface area contributed by atoms with Crippen LogP contribution in [-0.2, 0) is 16.1 Å². The number of aryl methyl sites for hydroxylation is 1. The fraction of sp³-hybridized carbons (Fsp3) is 0.368. The first kappa shape index (κ1) is 17.1. The molecule has 1 atom stereocenters. The lowest BCUT2D eigenvalue weighted by Crippen LogP contribution is -2.26. The second-order valence-electron chi connectivity index (χ2n) is 6.03. The van der Waals surface area contributed by atoms with Gasteiger partial charge in [-0.25, -0.2) is 4.79 Å². The fourth-order valence-electron chi connectivity index (χ4n) is 3.05. The number of furan rings is 1. The highest BCUT2D eigenvalue weighted by molar-refractivity contribution is 5.90. The Kier molecular flexibility index (Phi) is 5.07. The van der Waals surface area contributed by atoms with E-state index in [2.05, 4.69) is 5.32 Å². The van der Waals surface area contributed by atoms with Gasteiger partial charge in [0.1, 0.15) is 22.8 Å². The number of rotatable bonds is 5. The third-order valence-corrected chi connectivity index (χ3v) is 4.35. The number of hydrogen-bond acceptors (Lipinski definition) is 5. The molecule has 1 aromatic heterocycles. The Morgan fingerprint density at radius 3 is 2.92 bits per heavy atom. The third-order valence-electron chi connectivity index (χ3n) is 4.35. The first-order valence-electron chi connectivity index (χ1n) is 8.24. The first-order chi connectivity index (χ1) is 12.1. The Morgan fingerprint density at radius 2 is 2.12 bits per heavy atom. The van der Waals surface area contributed by atoms with Crippen molar-refractivity contribution >= 4 is 11.9 Å². The van der Waals surface area contributed by atoms with E-state index in [-0.39, 0.29) is 18.4 Å². The van der Waals surface area contributed by atoms with E-state index < -0.39 is 5.97 Å². The molecule has 3 rings (SSSR count). The molecule has 132 valence electrons. The molecule has 0 fully saturated rings. The van der Waals surface area contributed by atoms with Gasteiger partial charge in [0.2, 0.25) is 5.91 Å². The van der Waals surface area contributed by atoms with Gasteiger partial charge in [-0.3, -0.25) is 4.79 Å². The van der Waals surface area contributed by atoms with Crippen LogP contribution in [0.3, 0.4) is 0 Å². The number of carbonyl (C=O) groups excluding carboxylic acids is 2. The Hall–Kier alpha value is -2.76. The molecule has 1 N–H and O–H groups in total. The Bertz CT molecular complexity index is 780. The molecule has 1 aromatic carbocycles. The van der Waals surface area contributed by atoms with Crippen molar-refractivity contribution in [2.75, 3.05) is 13.7 Å². The van der Waals surface area contributed by atoms with Crippen molar-refractivity contribution < 1.29 is 23.5 Å². The average Bonchev–Trinajstić information content (AvgIpc) is 3.00. The maximum Gasteiger partial charge on any atom is 0.341 e. The zero-order valence-electron chi connectivity index (χ0n) is 14.3. The summed E-state index contributed by atoms with van der Waals surface area (Å²) in [6, 6.07) is 9.42. The van der Waals surface area contributed by atoms with E-state index in [4.69, 9.17) is 13.9 Å². The van der Waals surface area contributed by atoms with Gasteiger partial charge in [0.25, 0.3) is 0 Å². The second-order valence-corrected chi connectivity index (χ2v) is 6.03. The Labute approximate surface area is 146 Å². The predicted molar refractivity (Wildman–Crippen MR) is 90.5 cm³/mol. The van der Waals surface area contributed by atoms with Crippen LogP contribution in [0.5, 0.6) is 5.75 Å². The largest absolute Gasteiger partial charge is 0.493 e. The van der Waals surface area contributed by atoms with Gasteiger partial charge in [-0.2, -0.15) is 0 Å². The summed E-state index contributed by atoms with van der Waals surface area (Å²) in [6.07, 6.45) is 1.21. The summed E-state index contributed by atoms with van der Waals surface area (Å²) in [5.41, 5.74) is 1.45. The normalized spacial score (nSPS) is 15.8. The van der Waals surface area contributed by atoms with Crippen molar-refractivity contribution in [3.63, 3.8) is 0 Å². The topological polar surface area (TPSA) is 77.8 Å². The third kappa shape index (κ3) is 3.84. The van der Waals surface area contributed by atoms with Crippen LogP contribution in [0.1, 0.15) is 46.2 Å². The molecule has 2 aromatic rings. The summed E-state index contributed by atoms with van der Waals surface area (Å²) in [6.45, 7) is 2.55. The van der Waals surface area contributed by atoms with E-state index in [0.29, 0.717) is 30.1 Å². The van der Waals surface area contributed by atoms with Crippen molar-refractivity contribution in [2.45, 2.75) is 32.2 Å². The van der Waals surface area contributed by atoms with E-state index in [1.807, 2.05) is 24.3 Å². The average molecular weight is 343 g/mol. The monoisotopic (exact) mass is 343 g/mol. The maximum absolute atomic E-state index is 12.3. The van der Waals surface area contributed by atoms with Gasteiger partial charge >= 0.3 is 5.97 Å². The van der Waals surface area contributed by atoms with Gasteiger partial charge < -0.3 is 19.2 Å². The highest BCUT2D eigenvalue weighted by Gasteiger charge is 2.23. The molecule has 1 amide bonds. The van der Waals surface area contributed by atoms with E-state index in [9.17, 15) is 9.59 Å². The molecule has 2 heterocycles. The molecule has 25 heavy (non-hydrogen) atoms. The quantitative estimate of drug-likeness (QED) is 0.845. The lowest BCUT2D eigenvalue weighted by molar-refractivity contribution is -0.121. The van der Waals surface area contributed by atoms with Crippen molar-refractivity contribution in [3.8, 4) is 5.75 Å². The van der Waals surface area contributed by atoms with Gasteiger partial charge in [-0.05, 0) is 37.0 Å². The zero-order valence-corrected chi connectivity index (χ0v) is 14.3. The molecule has 0 saturated carbocycles. The van der Waals surface area contributed by atoms with Crippen LogP contribution < -0.4 is 10.1 Å². The van der Waals surface area contributed by atoms with Crippen molar-refractivity contribution in [1.82, 2.24) is 5.32 Å². The summed E-state index contributed by atoms with van der Waals surface area (Å²) in [5.74, 6) is 1.51. The maximum atomic E-state index is 12.3. The number of hydrogen-bond donors (Lipinski definition) is 1. The number of ether oxygens (including phenoxy) is 2. The van der Waals surface area contributed by atoms with Gasteiger partial charge in [-0.15, -0.1) is 0 Å². The van der Waals surface area contributed by atoms with Gasteiger partial charge in [0.15, 0.2) is 0 Å². The molecule has 1 aliphatic rings. The molecule has 1 aliphatic heterocycles. The minimum absolute atomic E-state index is 0.0598. The number of carbonyl (C=O) groups is 2. The Morgan fingerprint density at radius 1 is 1.32 bits per heavy atom. The van der Waals surface area contributed by atoms with Gasteiger partial charge in [0, 0.05) is 6.42 Å². The first-order valence-corrected chi connectivity index (χ1v) is 8.24.